The van der Waals surface area contributed by atoms with E-state index in [9.17, 15) is 4.79 Å². The highest BCUT2D eigenvalue weighted by Gasteiger charge is 2.20. The number of rotatable bonds is 2. The summed E-state index contributed by atoms with van der Waals surface area (Å²) in [5.41, 5.74) is 2.47. The predicted octanol–water partition coefficient (Wildman–Crippen LogP) is 4.32. The van der Waals surface area contributed by atoms with Crippen LogP contribution in [0.15, 0.2) is 18.2 Å². The van der Waals surface area contributed by atoms with Crippen LogP contribution in [0, 0.1) is 0 Å². The maximum absolute atomic E-state index is 11.0. The maximum atomic E-state index is 11.0. The number of allylic oxidation sites excluding steroid dienone is 1. The smallest absolute Gasteiger partial charge is 0.245 e. The monoisotopic (exact) mass is 325 g/mol. The zero-order chi connectivity index (χ0) is 14.3. The summed E-state index contributed by atoms with van der Waals surface area (Å²) in [7, 11) is 2.10. The minimum absolute atomic E-state index is 0.449. The first-order valence-corrected chi connectivity index (χ1v) is 7.92. The predicted molar refractivity (Wildman–Crippen MR) is 86.8 cm³/mol. The molecule has 0 bridgehead atoms. The van der Waals surface area contributed by atoms with Gasteiger partial charge in [0.1, 0.15) is 0 Å². The zero-order valence-electron chi connectivity index (χ0n) is 11.0. The first-order chi connectivity index (χ1) is 9.56. The molecule has 0 saturated carbocycles. The number of carbonyl (C=O) groups excluding carboxylic acids is 1. The maximum Gasteiger partial charge on any atom is 0.245 e. The molecule has 1 aliphatic rings. The third-order valence-corrected chi connectivity index (χ3v) is 5.22. The fourth-order valence-electron chi connectivity index (χ4n) is 2.65. The van der Waals surface area contributed by atoms with Gasteiger partial charge in [-0.05, 0) is 60.5 Å². The van der Waals surface area contributed by atoms with Crippen molar-refractivity contribution in [2.24, 2.45) is 0 Å². The lowest BCUT2D eigenvalue weighted by atomic mass is 10.0. The van der Waals surface area contributed by atoms with Gasteiger partial charge < -0.3 is 4.90 Å². The second-order valence-electron chi connectivity index (χ2n) is 4.97. The van der Waals surface area contributed by atoms with Gasteiger partial charge in [0.2, 0.25) is 5.24 Å². The van der Waals surface area contributed by atoms with Gasteiger partial charge in [0.05, 0.1) is 0 Å². The Morgan fingerprint density at radius 3 is 2.95 bits per heavy atom. The molecule has 0 amide bonds. The van der Waals surface area contributed by atoms with Gasteiger partial charge in [-0.2, -0.15) is 0 Å². The number of thiophene rings is 1. The van der Waals surface area contributed by atoms with Crippen LogP contribution in [0.3, 0.4) is 0 Å². The van der Waals surface area contributed by atoms with Crippen molar-refractivity contribution in [1.82, 2.24) is 4.90 Å². The van der Waals surface area contributed by atoms with E-state index in [-0.39, 0.29) is 0 Å². The van der Waals surface area contributed by atoms with Crippen LogP contribution in [-0.2, 0) is 17.8 Å². The van der Waals surface area contributed by atoms with Gasteiger partial charge in [0.25, 0.3) is 0 Å². The number of halogens is 2. The number of hydrogen-bond acceptors (Lipinski definition) is 3. The Labute approximate surface area is 131 Å². The standard InChI is InChI=1S/C15H13Cl2NOS/c1-18-7-6-9-11(16)2-3-13-15(9)10(8-18)12(20-13)4-5-14(17)19/h2-5H,6-8H2,1H3/b5-4+. The van der Waals surface area contributed by atoms with Gasteiger partial charge in [-0.3, -0.25) is 4.79 Å². The van der Waals surface area contributed by atoms with Gasteiger partial charge in [-0.15, -0.1) is 11.3 Å². The van der Waals surface area contributed by atoms with Crippen molar-refractivity contribution in [2.75, 3.05) is 13.6 Å². The summed E-state index contributed by atoms with van der Waals surface area (Å²) in [6, 6.07) is 4.02. The number of likely N-dealkylation sites (N-methyl/N-ethyl adjacent to an activating group) is 1. The Balaban J connectivity index is 2.25. The van der Waals surface area contributed by atoms with E-state index in [2.05, 4.69) is 18.0 Å². The van der Waals surface area contributed by atoms with Gasteiger partial charge in [0, 0.05) is 33.1 Å². The van der Waals surface area contributed by atoms with E-state index in [0.717, 1.165) is 29.4 Å². The molecule has 5 heteroatoms. The molecule has 1 aromatic heterocycles. The summed E-state index contributed by atoms with van der Waals surface area (Å²) >= 11 is 13.4. The molecule has 20 heavy (non-hydrogen) atoms. The third-order valence-electron chi connectivity index (χ3n) is 3.57. The number of carbonyl (C=O) groups is 1. The molecule has 2 nitrogen and oxygen atoms in total. The van der Waals surface area contributed by atoms with Gasteiger partial charge in [-0.1, -0.05) is 11.6 Å². The van der Waals surface area contributed by atoms with E-state index in [1.807, 2.05) is 12.1 Å². The summed E-state index contributed by atoms with van der Waals surface area (Å²) in [5, 5.41) is 1.64. The molecule has 0 aliphatic carbocycles. The summed E-state index contributed by atoms with van der Waals surface area (Å²) in [5.74, 6) is 0. The summed E-state index contributed by atoms with van der Waals surface area (Å²) in [6.07, 6.45) is 4.18. The molecule has 0 unspecified atom stereocenters. The largest absolute Gasteiger partial charge is 0.302 e. The molecule has 0 fully saturated rings. The van der Waals surface area contributed by atoms with Crippen LogP contribution < -0.4 is 0 Å². The van der Waals surface area contributed by atoms with Crippen LogP contribution in [0.25, 0.3) is 16.2 Å². The van der Waals surface area contributed by atoms with Crippen molar-refractivity contribution in [3.63, 3.8) is 0 Å². The topological polar surface area (TPSA) is 20.3 Å². The molecule has 104 valence electrons. The van der Waals surface area contributed by atoms with Crippen LogP contribution >= 0.6 is 34.5 Å². The molecule has 2 heterocycles. The first-order valence-electron chi connectivity index (χ1n) is 6.35. The van der Waals surface area contributed by atoms with E-state index >= 15 is 0 Å². The normalized spacial score (nSPS) is 15.9. The summed E-state index contributed by atoms with van der Waals surface area (Å²) in [4.78, 5) is 14.3. The fraction of sp³-hybridized carbons (Fsp3) is 0.267. The molecular formula is C15H13Cl2NOS. The van der Waals surface area contributed by atoms with Gasteiger partial charge >= 0.3 is 0 Å². The highest BCUT2D eigenvalue weighted by atomic mass is 35.5. The highest BCUT2D eigenvalue weighted by Crippen LogP contribution is 2.39. The van der Waals surface area contributed by atoms with Crippen molar-refractivity contribution < 1.29 is 4.79 Å². The molecule has 0 saturated heterocycles. The fourth-order valence-corrected chi connectivity index (χ4v) is 4.11. The lowest BCUT2D eigenvalue weighted by Crippen LogP contribution is -2.18. The van der Waals surface area contributed by atoms with Crippen molar-refractivity contribution in [3.8, 4) is 0 Å². The molecule has 3 rings (SSSR count). The van der Waals surface area contributed by atoms with Crippen LogP contribution in [0.4, 0.5) is 0 Å². The first kappa shape index (κ1) is 14.1. The second-order valence-corrected chi connectivity index (χ2v) is 6.83. The molecule has 2 aromatic rings. The SMILES string of the molecule is CN1CCc2c(Cl)ccc3sc(/C=C/C(=O)Cl)c(c23)C1. The minimum atomic E-state index is -0.449. The molecule has 1 aliphatic heterocycles. The molecule has 0 spiro atoms. The molecule has 0 N–H and O–H groups in total. The van der Waals surface area contributed by atoms with Crippen molar-refractivity contribution in [3.05, 3.63) is 39.2 Å². The number of benzene rings is 1. The van der Waals surface area contributed by atoms with E-state index in [1.54, 1.807) is 11.3 Å². The Morgan fingerprint density at radius 2 is 2.20 bits per heavy atom. The van der Waals surface area contributed by atoms with E-state index in [4.69, 9.17) is 23.2 Å². The van der Waals surface area contributed by atoms with E-state index in [1.165, 1.54) is 27.3 Å². The molecule has 0 atom stereocenters. The minimum Gasteiger partial charge on any atom is -0.302 e. The number of nitrogens with zero attached hydrogens (tertiary/aromatic N) is 1. The van der Waals surface area contributed by atoms with Crippen molar-refractivity contribution in [2.45, 2.75) is 13.0 Å². The lowest BCUT2D eigenvalue weighted by Gasteiger charge is -2.13. The average molecular weight is 326 g/mol. The Kier molecular flexibility index (Phi) is 3.87. The Morgan fingerprint density at radius 1 is 1.40 bits per heavy atom. The molecular weight excluding hydrogens is 313 g/mol. The second kappa shape index (κ2) is 5.49. The van der Waals surface area contributed by atoms with Gasteiger partial charge in [-0.25, -0.2) is 0 Å². The van der Waals surface area contributed by atoms with E-state index < -0.39 is 5.24 Å². The number of hydrogen-bond donors (Lipinski definition) is 0. The summed E-state index contributed by atoms with van der Waals surface area (Å²) in [6.45, 7) is 1.85. The van der Waals surface area contributed by atoms with E-state index in [0.29, 0.717) is 0 Å². The third kappa shape index (κ3) is 2.51. The van der Waals surface area contributed by atoms with Crippen LogP contribution in [0.1, 0.15) is 16.0 Å². The zero-order valence-corrected chi connectivity index (χ0v) is 13.3. The van der Waals surface area contributed by atoms with Crippen molar-refractivity contribution >= 4 is 55.9 Å². The van der Waals surface area contributed by atoms with Crippen LogP contribution in [0.5, 0.6) is 0 Å². The van der Waals surface area contributed by atoms with Gasteiger partial charge in [0.15, 0.2) is 0 Å². The van der Waals surface area contributed by atoms with Crippen LogP contribution in [-0.4, -0.2) is 23.7 Å². The Bertz CT molecular complexity index is 720. The highest BCUT2D eigenvalue weighted by molar-refractivity contribution is 7.20. The lowest BCUT2D eigenvalue weighted by molar-refractivity contribution is -0.107. The summed E-state index contributed by atoms with van der Waals surface area (Å²) < 4.78 is 1.22. The average Bonchev–Trinajstić information content (AvgIpc) is 2.62. The Hall–Kier alpha value is -0.870. The van der Waals surface area contributed by atoms with Crippen LogP contribution in [0.2, 0.25) is 5.02 Å². The molecule has 1 aromatic carbocycles. The molecule has 0 radical (unpaired) electrons. The quantitative estimate of drug-likeness (QED) is 0.605. The van der Waals surface area contributed by atoms with Crippen molar-refractivity contribution in [1.29, 1.82) is 0 Å².